The number of amides is 2. The molecule has 0 spiro atoms. The molecule has 0 saturated heterocycles. The molecule has 0 aliphatic rings. The minimum absolute atomic E-state index is 0.323. The maximum absolute atomic E-state index is 11.8. The van der Waals surface area contributed by atoms with Gasteiger partial charge in [0.2, 0.25) is 0 Å². The van der Waals surface area contributed by atoms with E-state index in [9.17, 15) is 14.7 Å². The molecule has 1 unspecified atom stereocenters. The molecule has 0 aliphatic carbocycles. The van der Waals surface area contributed by atoms with E-state index in [1.54, 1.807) is 13.2 Å². The van der Waals surface area contributed by atoms with Crippen LogP contribution in [0.5, 0.6) is 0 Å². The number of aliphatic carboxylic acids is 1. The molecule has 0 radical (unpaired) electrons. The number of thiophene rings is 1. The normalized spacial score (nSPS) is 11.9. The molecule has 7 nitrogen and oxygen atoms in total. The van der Waals surface area contributed by atoms with Gasteiger partial charge in [0.25, 0.3) is 0 Å². The maximum atomic E-state index is 11.8. The Hall–Kier alpha value is -1.87. The summed E-state index contributed by atoms with van der Waals surface area (Å²) < 4.78 is 2.39. The fourth-order valence-electron chi connectivity index (χ4n) is 1.67. The second-order valence-electron chi connectivity index (χ2n) is 4.24. The first-order valence-corrected chi connectivity index (χ1v) is 7.62. The zero-order chi connectivity index (χ0) is 15.4. The third-order valence-corrected chi connectivity index (χ3v) is 4.61. The van der Waals surface area contributed by atoms with Gasteiger partial charge in [-0.1, -0.05) is 0 Å². The van der Waals surface area contributed by atoms with Gasteiger partial charge in [-0.3, -0.25) is 4.68 Å². The Morgan fingerprint density at radius 1 is 1.57 bits per heavy atom. The van der Waals surface area contributed by atoms with E-state index < -0.39 is 18.0 Å². The van der Waals surface area contributed by atoms with Crippen LogP contribution in [0.15, 0.2) is 28.3 Å². The second kappa shape index (κ2) is 6.72. The third kappa shape index (κ3) is 4.05. The van der Waals surface area contributed by atoms with Gasteiger partial charge >= 0.3 is 12.0 Å². The number of hydrogen-bond donors (Lipinski definition) is 3. The molecule has 21 heavy (non-hydrogen) atoms. The van der Waals surface area contributed by atoms with Gasteiger partial charge in [-0.15, -0.1) is 11.3 Å². The summed E-state index contributed by atoms with van der Waals surface area (Å²) in [5, 5.41) is 20.0. The van der Waals surface area contributed by atoms with Crippen molar-refractivity contribution >= 4 is 39.3 Å². The van der Waals surface area contributed by atoms with E-state index in [2.05, 4.69) is 31.7 Å². The van der Waals surface area contributed by atoms with E-state index >= 15 is 0 Å². The van der Waals surface area contributed by atoms with Crippen LogP contribution in [0, 0.1) is 0 Å². The molecule has 0 aromatic carbocycles. The van der Waals surface area contributed by atoms with E-state index in [0.29, 0.717) is 12.1 Å². The highest BCUT2D eigenvalue weighted by Gasteiger charge is 2.23. The molecule has 2 amide bonds. The van der Waals surface area contributed by atoms with Gasteiger partial charge in [-0.2, -0.15) is 5.10 Å². The molecule has 0 aliphatic heterocycles. The SMILES string of the molecule is Cn1cc(C(NC(=O)NCc2sccc2Br)C(=O)O)cn1. The van der Waals surface area contributed by atoms with Crippen molar-refractivity contribution in [2.24, 2.45) is 7.05 Å². The summed E-state index contributed by atoms with van der Waals surface area (Å²) in [6.07, 6.45) is 2.96. The molecule has 2 aromatic heterocycles. The Bertz CT molecular complexity index is 654. The fraction of sp³-hybridized carbons (Fsp3) is 0.250. The Morgan fingerprint density at radius 2 is 2.33 bits per heavy atom. The van der Waals surface area contributed by atoms with Crippen molar-refractivity contribution in [3.05, 3.63) is 38.8 Å². The highest BCUT2D eigenvalue weighted by atomic mass is 79.9. The van der Waals surface area contributed by atoms with Crippen LogP contribution in [-0.2, 0) is 18.4 Å². The summed E-state index contributed by atoms with van der Waals surface area (Å²) in [4.78, 5) is 24.0. The van der Waals surface area contributed by atoms with Crippen molar-refractivity contribution in [3.63, 3.8) is 0 Å². The Balaban J connectivity index is 1.96. The molecule has 0 saturated carbocycles. The predicted octanol–water partition coefficient (Wildman–Crippen LogP) is 1.87. The van der Waals surface area contributed by atoms with Crippen molar-refractivity contribution in [1.82, 2.24) is 20.4 Å². The molecule has 1 atom stereocenters. The van der Waals surface area contributed by atoms with Crippen LogP contribution in [-0.4, -0.2) is 26.9 Å². The predicted molar refractivity (Wildman–Crippen MR) is 81.0 cm³/mol. The van der Waals surface area contributed by atoms with Gasteiger partial charge in [0, 0.05) is 28.2 Å². The molecule has 0 bridgehead atoms. The van der Waals surface area contributed by atoms with Crippen molar-refractivity contribution < 1.29 is 14.7 Å². The molecular formula is C12H13BrN4O3S. The number of rotatable bonds is 5. The summed E-state index contributed by atoms with van der Waals surface area (Å²) in [7, 11) is 1.68. The second-order valence-corrected chi connectivity index (χ2v) is 6.09. The lowest BCUT2D eigenvalue weighted by Gasteiger charge is -2.13. The zero-order valence-corrected chi connectivity index (χ0v) is 13.4. The number of hydrogen-bond acceptors (Lipinski definition) is 4. The number of carboxylic acid groups (broad SMARTS) is 1. The molecule has 0 fully saturated rings. The molecule has 112 valence electrons. The maximum Gasteiger partial charge on any atom is 0.331 e. The molecule has 2 heterocycles. The topological polar surface area (TPSA) is 96.2 Å². The van der Waals surface area contributed by atoms with Crippen molar-refractivity contribution in [2.75, 3.05) is 0 Å². The van der Waals surface area contributed by atoms with Gasteiger partial charge in [-0.05, 0) is 27.4 Å². The van der Waals surface area contributed by atoms with E-state index in [1.807, 2.05) is 11.4 Å². The average Bonchev–Trinajstić information content (AvgIpc) is 3.02. The standard InChI is InChI=1S/C12H13BrN4O3S/c1-17-6-7(4-15-17)10(11(18)19)16-12(20)14-5-9-8(13)2-3-21-9/h2-4,6,10H,5H2,1H3,(H,18,19)(H2,14,16,20). The summed E-state index contributed by atoms with van der Waals surface area (Å²) in [5.41, 5.74) is 0.414. The van der Waals surface area contributed by atoms with Crippen LogP contribution in [0.3, 0.4) is 0 Å². The third-order valence-electron chi connectivity index (χ3n) is 2.68. The van der Waals surface area contributed by atoms with E-state index in [1.165, 1.54) is 22.2 Å². The molecule has 9 heteroatoms. The lowest BCUT2D eigenvalue weighted by atomic mass is 10.1. The van der Waals surface area contributed by atoms with Gasteiger partial charge < -0.3 is 15.7 Å². The van der Waals surface area contributed by atoms with Crippen LogP contribution >= 0.6 is 27.3 Å². The first kappa shape index (κ1) is 15.5. The Labute approximate surface area is 133 Å². The average molecular weight is 373 g/mol. The molecule has 3 N–H and O–H groups in total. The van der Waals surface area contributed by atoms with Gasteiger partial charge in [-0.25, -0.2) is 9.59 Å². The number of carbonyl (C=O) groups excluding carboxylic acids is 1. The minimum atomic E-state index is -1.14. The van der Waals surface area contributed by atoms with E-state index in [0.717, 1.165) is 9.35 Å². The number of aryl methyl sites for hydroxylation is 1. The van der Waals surface area contributed by atoms with Gasteiger partial charge in [0.05, 0.1) is 12.7 Å². The van der Waals surface area contributed by atoms with Gasteiger partial charge in [0.1, 0.15) is 0 Å². The van der Waals surface area contributed by atoms with E-state index in [-0.39, 0.29) is 0 Å². The summed E-state index contributed by atoms with van der Waals surface area (Å²) in [6.45, 7) is 0.323. The van der Waals surface area contributed by atoms with Crippen LogP contribution in [0.2, 0.25) is 0 Å². The van der Waals surface area contributed by atoms with Gasteiger partial charge in [0.15, 0.2) is 6.04 Å². The van der Waals surface area contributed by atoms with Crippen molar-refractivity contribution in [3.8, 4) is 0 Å². The smallest absolute Gasteiger partial charge is 0.331 e. The van der Waals surface area contributed by atoms with Crippen LogP contribution in [0.25, 0.3) is 0 Å². The molecule has 2 rings (SSSR count). The molecule has 2 aromatic rings. The minimum Gasteiger partial charge on any atom is -0.479 e. The first-order chi connectivity index (χ1) is 9.97. The highest BCUT2D eigenvalue weighted by molar-refractivity contribution is 9.10. The monoisotopic (exact) mass is 372 g/mol. The van der Waals surface area contributed by atoms with Crippen LogP contribution in [0.1, 0.15) is 16.5 Å². The van der Waals surface area contributed by atoms with E-state index in [4.69, 9.17) is 0 Å². The Kier molecular flexibility index (Phi) is 4.97. The number of carboxylic acids is 1. The summed E-state index contributed by atoms with van der Waals surface area (Å²) >= 11 is 4.86. The quantitative estimate of drug-likeness (QED) is 0.746. The Morgan fingerprint density at radius 3 is 2.86 bits per heavy atom. The number of aromatic nitrogens is 2. The summed E-state index contributed by atoms with van der Waals surface area (Å²) in [6, 6.07) is 0.201. The van der Waals surface area contributed by atoms with Crippen LogP contribution < -0.4 is 10.6 Å². The van der Waals surface area contributed by atoms with Crippen LogP contribution in [0.4, 0.5) is 4.79 Å². The number of urea groups is 1. The fourth-order valence-corrected chi connectivity index (χ4v) is 3.10. The first-order valence-electron chi connectivity index (χ1n) is 5.95. The lowest BCUT2D eigenvalue weighted by molar-refractivity contribution is -0.139. The number of carbonyl (C=O) groups is 2. The summed E-state index contributed by atoms with van der Waals surface area (Å²) in [5.74, 6) is -1.14. The lowest BCUT2D eigenvalue weighted by Crippen LogP contribution is -2.40. The highest BCUT2D eigenvalue weighted by Crippen LogP contribution is 2.22. The number of halogens is 1. The zero-order valence-electron chi connectivity index (χ0n) is 11.0. The van der Waals surface area contributed by atoms with Crippen molar-refractivity contribution in [2.45, 2.75) is 12.6 Å². The number of nitrogens with one attached hydrogen (secondary N) is 2. The largest absolute Gasteiger partial charge is 0.479 e. The van der Waals surface area contributed by atoms with Crippen molar-refractivity contribution in [1.29, 1.82) is 0 Å². The number of nitrogens with zero attached hydrogens (tertiary/aromatic N) is 2. The molecular weight excluding hydrogens is 360 g/mol.